The average molecular weight is 397 g/mol. The van der Waals surface area contributed by atoms with E-state index in [9.17, 15) is 8.42 Å². The summed E-state index contributed by atoms with van der Waals surface area (Å²) < 4.78 is 37.4. The van der Waals surface area contributed by atoms with E-state index in [0.29, 0.717) is 42.7 Å². The van der Waals surface area contributed by atoms with Gasteiger partial charge in [-0.25, -0.2) is 8.42 Å². The normalized spacial score (nSPS) is 15.7. The highest BCUT2D eigenvalue weighted by Gasteiger charge is 2.28. The van der Waals surface area contributed by atoms with Crippen molar-refractivity contribution in [3.05, 3.63) is 47.5 Å². The molecule has 2 aromatic rings. The Morgan fingerprint density at radius 1 is 0.923 bits per heavy atom. The zero-order valence-electron chi connectivity index (χ0n) is 14.7. The lowest BCUT2D eigenvalue weighted by atomic mass is 10.2. The van der Waals surface area contributed by atoms with Crippen molar-refractivity contribution in [1.29, 1.82) is 0 Å². The number of sulfonamides is 1. The fourth-order valence-electron chi connectivity index (χ4n) is 2.94. The number of ether oxygens (including phenoxy) is 2. The highest BCUT2D eigenvalue weighted by Crippen LogP contribution is 2.30. The van der Waals surface area contributed by atoms with E-state index in [-0.39, 0.29) is 4.90 Å². The average Bonchev–Trinajstić information content (AvgIpc) is 2.68. The van der Waals surface area contributed by atoms with Gasteiger partial charge in [0.25, 0.3) is 0 Å². The Kier molecular flexibility index (Phi) is 5.60. The van der Waals surface area contributed by atoms with Crippen LogP contribution >= 0.6 is 11.6 Å². The molecule has 0 saturated carbocycles. The Morgan fingerprint density at radius 3 is 2.12 bits per heavy atom. The van der Waals surface area contributed by atoms with E-state index in [0.717, 1.165) is 5.69 Å². The van der Waals surface area contributed by atoms with Gasteiger partial charge < -0.3 is 14.4 Å². The summed E-state index contributed by atoms with van der Waals surface area (Å²) in [5, 5.41) is 0.540. The van der Waals surface area contributed by atoms with Gasteiger partial charge in [-0.2, -0.15) is 4.31 Å². The number of nitrogens with zero attached hydrogens (tertiary/aromatic N) is 2. The molecule has 6 nitrogen and oxygen atoms in total. The maximum Gasteiger partial charge on any atom is 0.243 e. The number of halogens is 1. The molecule has 0 bridgehead atoms. The molecule has 1 saturated heterocycles. The third-order valence-electron chi connectivity index (χ3n) is 4.44. The molecular formula is C18H21ClN2O4S. The predicted octanol–water partition coefficient (Wildman–Crippen LogP) is 2.87. The van der Waals surface area contributed by atoms with Gasteiger partial charge in [0.15, 0.2) is 0 Å². The lowest BCUT2D eigenvalue weighted by Gasteiger charge is -2.35. The number of hydrogen-bond acceptors (Lipinski definition) is 5. The van der Waals surface area contributed by atoms with Crippen molar-refractivity contribution in [2.24, 2.45) is 0 Å². The van der Waals surface area contributed by atoms with Crippen LogP contribution in [0.2, 0.25) is 5.02 Å². The molecule has 8 heteroatoms. The Labute approximate surface area is 158 Å². The van der Waals surface area contributed by atoms with Crippen LogP contribution in [0.25, 0.3) is 0 Å². The Hall–Kier alpha value is -1.96. The molecule has 26 heavy (non-hydrogen) atoms. The standard InChI is InChI=1S/C18H21ClN2O4S/c1-24-15-4-6-16(7-5-15)26(22,23)21-11-9-20(10-12-21)14-3-8-18(25-2)17(19)13-14/h3-8,13H,9-12H2,1-2H3. The van der Waals surface area contributed by atoms with Gasteiger partial charge >= 0.3 is 0 Å². The van der Waals surface area contributed by atoms with E-state index in [1.165, 1.54) is 4.31 Å². The minimum Gasteiger partial charge on any atom is -0.497 e. The molecule has 2 aromatic carbocycles. The van der Waals surface area contributed by atoms with Crippen LogP contribution in [0.15, 0.2) is 47.4 Å². The molecule has 0 atom stereocenters. The van der Waals surface area contributed by atoms with Crippen molar-refractivity contribution >= 4 is 27.3 Å². The van der Waals surface area contributed by atoms with Crippen molar-refractivity contribution in [3.8, 4) is 11.5 Å². The summed E-state index contributed by atoms with van der Waals surface area (Å²) in [7, 11) is -0.384. The van der Waals surface area contributed by atoms with Crippen LogP contribution in [-0.2, 0) is 10.0 Å². The zero-order chi connectivity index (χ0) is 18.7. The van der Waals surface area contributed by atoms with Gasteiger partial charge in [0, 0.05) is 31.9 Å². The number of methoxy groups -OCH3 is 2. The van der Waals surface area contributed by atoms with Crippen LogP contribution in [0.4, 0.5) is 5.69 Å². The van der Waals surface area contributed by atoms with Crippen LogP contribution in [0.3, 0.4) is 0 Å². The lowest BCUT2D eigenvalue weighted by Crippen LogP contribution is -2.48. The number of rotatable bonds is 5. The summed E-state index contributed by atoms with van der Waals surface area (Å²) in [5.74, 6) is 1.25. The molecule has 0 aromatic heterocycles. The summed E-state index contributed by atoms with van der Waals surface area (Å²) in [6, 6.07) is 12.0. The Balaban J connectivity index is 1.70. The molecule has 1 fully saturated rings. The zero-order valence-corrected chi connectivity index (χ0v) is 16.3. The van der Waals surface area contributed by atoms with Crippen LogP contribution in [-0.4, -0.2) is 53.1 Å². The number of hydrogen-bond donors (Lipinski definition) is 0. The van der Waals surface area contributed by atoms with Gasteiger partial charge in [-0.3, -0.25) is 0 Å². The maximum absolute atomic E-state index is 12.8. The molecule has 0 unspecified atom stereocenters. The van der Waals surface area contributed by atoms with Gasteiger partial charge in [-0.1, -0.05) is 11.6 Å². The fourth-order valence-corrected chi connectivity index (χ4v) is 4.61. The first-order valence-electron chi connectivity index (χ1n) is 8.18. The van der Waals surface area contributed by atoms with Gasteiger partial charge in [0.1, 0.15) is 11.5 Å². The molecule has 3 rings (SSSR count). The third-order valence-corrected chi connectivity index (χ3v) is 6.64. The summed E-state index contributed by atoms with van der Waals surface area (Å²) in [6.45, 7) is 2.02. The predicted molar refractivity (Wildman–Crippen MR) is 102 cm³/mol. The van der Waals surface area contributed by atoms with E-state index in [4.69, 9.17) is 21.1 Å². The first kappa shape index (κ1) is 18.8. The Bertz CT molecular complexity index is 863. The smallest absolute Gasteiger partial charge is 0.243 e. The van der Waals surface area contributed by atoms with Crippen LogP contribution in [0.5, 0.6) is 11.5 Å². The van der Waals surface area contributed by atoms with Crippen LogP contribution in [0, 0.1) is 0 Å². The molecule has 0 aliphatic carbocycles. The molecule has 0 amide bonds. The number of benzene rings is 2. The highest BCUT2D eigenvalue weighted by atomic mass is 35.5. The number of anilines is 1. The summed E-state index contributed by atoms with van der Waals surface area (Å²) in [6.07, 6.45) is 0. The van der Waals surface area contributed by atoms with Gasteiger partial charge in [0.05, 0.1) is 24.1 Å². The van der Waals surface area contributed by atoms with Crippen molar-refractivity contribution in [3.63, 3.8) is 0 Å². The molecule has 1 aliphatic rings. The molecule has 0 radical (unpaired) electrons. The van der Waals surface area contributed by atoms with Crippen LogP contribution in [0.1, 0.15) is 0 Å². The van der Waals surface area contributed by atoms with Crippen molar-refractivity contribution in [2.75, 3.05) is 45.3 Å². The maximum atomic E-state index is 12.8. The summed E-state index contributed by atoms with van der Waals surface area (Å²) in [4.78, 5) is 2.39. The molecule has 1 heterocycles. The van der Waals surface area contributed by atoms with E-state index in [1.807, 2.05) is 18.2 Å². The molecular weight excluding hydrogens is 376 g/mol. The van der Waals surface area contributed by atoms with Crippen molar-refractivity contribution in [1.82, 2.24) is 4.31 Å². The first-order chi connectivity index (χ1) is 12.5. The van der Waals surface area contributed by atoms with Crippen LogP contribution < -0.4 is 14.4 Å². The summed E-state index contributed by atoms with van der Waals surface area (Å²) >= 11 is 6.19. The SMILES string of the molecule is COc1ccc(S(=O)(=O)N2CCN(c3ccc(OC)c(Cl)c3)CC2)cc1. The first-order valence-corrected chi connectivity index (χ1v) is 10.00. The van der Waals surface area contributed by atoms with Crippen molar-refractivity contribution < 1.29 is 17.9 Å². The minimum atomic E-state index is -3.51. The van der Waals surface area contributed by atoms with E-state index in [1.54, 1.807) is 38.5 Å². The molecule has 1 aliphatic heterocycles. The number of piperazine rings is 1. The van der Waals surface area contributed by atoms with E-state index in [2.05, 4.69) is 4.90 Å². The highest BCUT2D eigenvalue weighted by molar-refractivity contribution is 7.89. The van der Waals surface area contributed by atoms with Gasteiger partial charge in [-0.05, 0) is 42.5 Å². The molecule has 0 spiro atoms. The largest absolute Gasteiger partial charge is 0.497 e. The summed E-state index contributed by atoms with van der Waals surface area (Å²) in [5.41, 5.74) is 0.956. The molecule has 140 valence electrons. The third kappa shape index (κ3) is 3.75. The second kappa shape index (κ2) is 7.73. The fraction of sp³-hybridized carbons (Fsp3) is 0.333. The minimum absolute atomic E-state index is 0.277. The second-order valence-corrected chi connectivity index (χ2v) is 8.23. The lowest BCUT2D eigenvalue weighted by molar-refractivity contribution is 0.384. The van der Waals surface area contributed by atoms with E-state index < -0.39 is 10.0 Å². The van der Waals surface area contributed by atoms with Gasteiger partial charge in [0.2, 0.25) is 10.0 Å². The van der Waals surface area contributed by atoms with E-state index >= 15 is 0 Å². The van der Waals surface area contributed by atoms with Crippen molar-refractivity contribution in [2.45, 2.75) is 4.90 Å². The second-order valence-electron chi connectivity index (χ2n) is 5.89. The topological polar surface area (TPSA) is 59.1 Å². The quantitative estimate of drug-likeness (QED) is 0.777. The van der Waals surface area contributed by atoms with Gasteiger partial charge in [-0.15, -0.1) is 0 Å². The Morgan fingerprint density at radius 2 is 1.58 bits per heavy atom. The molecule has 0 N–H and O–H groups in total. The monoisotopic (exact) mass is 396 g/mol.